The molecule has 2 rings (SSSR count). The third-order valence-corrected chi connectivity index (χ3v) is 3.54. The average Bonchev–Trinajstić information content (AvgIpc) is 3.03. The lowest BCUT2D eigenvalue weighted by Crippen LogP contribution is -2.40. The van der Waals surface area contributed by atoms with Crippen LogP contribution in [0.1, 0.15) is 24.2 Å². The summed E-state index contributed by atoms with van der Waals surface area (Å²) in [4.78, 5) is 4.12. The molecule has 1 aromatic carbocycles. The van der Waals surface area contributed by atoms with Gasteiger partial charge in [0.25, 0.3) is 0 Å². The first kappa shape index (κ1) is 20.4. The van der Waals surface area contributed by atoms with Crippen molar-refractivity contribution in [2.45, 2.75) is 19.3 Å². The van der Waals surface area contributed by atoms with Crippen LogP contribution in [0.5, 0.6) is 0 Å². The molecule has 1 aromatic heterocycles. The molecule has 2 aromatic rings. The average molecular weight is 449 g/mol. The Balaban J connectivity index is 0.00000288. The standard InChI is InChI=1S/C17H21F2N3O.HI/c1-12(15-6-5-13(18)10-16(15)19)11-22-17(20-2)21-8-7-14-4-3-9-23-14;/h3-6,9-10,12H,7-8,11H2,1-2H3,(H2,20,21,22);1H. The van der Waals surface area contributed by atoms with Crippen LogP contribution in [0.15, 0.2) is 46.0 Å². The summed E-state index contributed by atoms with van der Waals surface area (Å²) in [5.41, 5.74) is 0.477. The van der Waals surface area contributed by atoms with Gasteiger partial charge in [0.15, 0.2) is 5.96 Å². The lowest BCUT2D eigenvalue weighted by Gasteiger charge is -2.16. The molecule has 0 fully saturated rings. The van der Waals surface area contributed by atoms with Gasteiger partial charge in [-0.3, -0.25) is 4.99 Å². The summed E-state index contributed by atoms with van der Waals surface area (Å²) < 4.78 is 31.9. The van der Waals surface area contributed by atoms with E-state index in [9.17, 15) is 8.78 Å². The van der Waals surface area contributed by atoms with Crippen LogP contribution in [0.3, 0.4) is 0 Å². The smallest absolute Gasteiger partial charge is 0.191 e. The molecule has 1 atom stereocenters. The van der Waals surface area contributed by atoms with Crippen molar-refractivity contribution in [1.29, 1.82) is 0 Å². The molecule has 0 aliphatic heterocycles. The van der Waals surface area contributed by atoms with Crippen molar-refractivity contribution >= 4 is 29.9 Å². The molecule has 0 bridgehead atoms. The lowest BCUT2D eigenvalue weighted by atomic mass is 10.0. The van der Waals surface area contributed by atoms with Gasteiger partial charge in [-0.25, -0.2) is 8.78 Å². The fraction of sp³-hybridized carbons (Fsp3) is 0.353. The topological polar surface area (TPSA) is 49.6 Å². The number of rotatable bonds is 6. The van der Waals surface area contributed by atoms with Crippen molar-refractivity contribution in [3.63, 3.8) is 0 Å². The fourth-order valence-electron chi connectivity index (χ4n) is 2.24. The molecule has 132 valence electrons. The van der Waals surface area contributed by atoms with Gasteiger partial charge in [-0.1, -0.05) is 13.0 Å². The molecule has 2 N–H and O–H groups in total. The molecule has 0 spiro atoms. The summed E-state index contributed by atoms with van der Waals surface area (Å²) in [6.45, 7) is 3.04. The van der Waals surface area contributed by atoms with Crippen molar-refractivity contribution < 1.29 is 13.2 Å². The highest BCUT2D eigenvalue weighted by molar-refractivity contribution is 14.0. The molecule has 7 heteroatoms. The second-order valence-corrected chi connectivity index (χ2v) is 5.28. The van der Waals surface area contributed by atoms with E-state index < -0.39 is 11.6 Å². The Morgan fingerprint density at radius 1 is 1.25 bits per heavy atom. The van der Waals surface area contributed by atoms with Crippen molar-refractivity contribution in [2.75, 3.05) is 20.1 Å². The monoisotopic (exact) mass is 449 g/mol. The van der Waals surface area contributed by atoms with Crippen LogP contribution in [-0.2, 0) is 6.42 Å². The number of hydrogen-bond acceptors (Lipinski definition) is 2. The maximum atomic E-state index is 13.7. The van der Waals surface area contributed by atoms with Gasteiger partial charge in [0.1, 0.15) is 17.4 Å². The van der Waals surface area contributed by atoms with Gasteiger partial charge in [-0.2, -0.15) is 0 Å². The first-order valence-electron chi connectivity index (χ1n) is 7.52. The van der Waals surface area contributed by atoms with E-state index in [1.54, 1.807) is 13.3 Å². The van der Waals surface area contributed by atoms with Gasteiger partial charge >= 0.3 is 0 Å². The highest BCUT2D eigenvalue weighted by Crippen LogP contribution is 2.19. The van der Waals surface area contributed by atoms with Crippen LogP contribution in [0, 0.1) is 11.6 Å². The maximum absolute atomic E-state index is 13.7. The minimum Gasteiger partial charge on any atom is -0.469 e. The number of aliphatic imine (C=N–C) groups is 1. The number of furan rings is 1. The third-order valence-electron chi connectivity index (χ3n) is 3.54. The maximum Gasteiger partial charge on any atom is 0.191 e. The second-order valence-electron chi connectivity index (χ2n) is 5.28. The van der Waals surface area contributed by atoms with Crippen LogP contribution in [0.4, 0.5) is 8.78 Å². The van der Waals surface area contributed by atoms with Crippen molar-refractivity contribution in [2.24, 2.45) is 4.99 Å². The zero-order valence-corrected chi connectivity index (χ0v) is 16.0. The Morgan fingerprint density at radius 2 is 2.04 bits per heavy atom. The number of benzene rings is 1. The minimum atomic E-state index is -0.568. The molecular weight excluding hydrogens is 427 g/mol. The molecule has 0 saturated heterocycles. The van der Waals surface area contributed by atoms with E-state index in [1.807, 2.05) is 19.1 Å². The minimum absolute atomic E-state index is 0. The Morgan fingerprint density at radius 3 is 2.67 bits per heavy atom. The van der Waals surface area contributed by atoms with Gasteiger partial charge in [-0.15, -0.1) is 24.0 Å². The van der Waals surface area contributed by atoms with Crippen LogP contribution in [-0.4, -0.2) is 26.1 Å². The SMILES string of the molecule is CN=C(NCCc1ccco1)NCC(C)c1ccc(F)cc1F.I. The summed E-state index contributed by atoms with van der Waals surface area (Å²) in [7, 11) is 1.67. The summed E-state index contributed by atoms with van der Waals surface area (Å²) >= 11 is 0. The summed E-state index contributed by atoms with van der Waals surface area (Å²) in [6, 6.07) is 7.41. The van der Waals surface area contributed by atoms with Crippen molar-refractivity contribution in [3.05, 3.63) is 59.6 Å². The van der Waals surface area contributed by atoms with Crippen molar-refractivity contribution in [3.8, 4) is 0 Å². The molecule has 1 unspecified atom stereocenters. The Hall–Kier alpha value is -1.64. The zero-order valence-electron chi connectivity index (χ0n) is 13.7. The predicted octanol–water partition coefficient (Wildman–Crippen LogP) is 3.69. The summed E-state index contributed by atoms with van der Waals surface area (Å²) in [6.07, 6.45) is 2.39. The van der Waals surface area contributed by atoms with E-state index >= 15 is 0 Å². The molecule has 4 nitrogen and oxygen atoms in total. The van der Waals surface area contributed by atoms with Gasteiger partial charge < -0.3 is 15.1 Å². The molecule has 0 aliphatic carbocycles. The van der Waals surface area contributed by atoms with E-state index in [1.165, 1.54) is 12.1 Å². The molecule has 0 amide bonds. The number of nitrogens with zero attached hydrogens (tertiary/aromatic N) is 1. The number of nitrogens with one attached hydrogen (secondary N) is 2. The van der Waals surface area contributed by atoms with Crippen LogP contribution in [0.2, 0.25) is 0 Å². The first-order chi connectivity index (χ1) is 11.1. The highest BCUT2D eigenvalue weighted by atomic mass is 127. The second kappa shape index (κ2) is 10.3. The molecular formula is C17H22F2IN3O. The van der Waals surface area contributed by atoms with Crippen LogP contribution < -0.4 is 10.6 Å². The normalized spacial score (nSPS) is 12.4. The number of hydrogen-bond donors (Lipinski definition) is 2. The van der Waals surface area contributed by atoms with Crippen molar-refractivity contribution in [1.82, 2.24) is 10.6 Å². The number of guanidine groups is 1. The first-order valence-corrected chi connectivity index (χ1v) is 7.52. The van der Waals surface area contributed by atoms with Gasteiger partial charge in [0.05, 0.1) is 6.26 Å². The van der Waals surface area contributed by atoms with Gasteiger partial charge in [0, 0.05) is 38.5 Å². The lowest BCUT2D eigenvalue weighted by molar-refractivity contribution is 0.506. The van der Waals surface area contributed by atoms with Gasteiger partial charge in [-0.05, 0) is 23.8 Å². The van der Waals surface area contributed by atoms with Crippen LogP contribution in [0.25, 0.3) is 0 Å². The highest BCUT2D eigenvalue weighted by Gasteiger charge is 2.12. The Labute approximate surface area is 157 Å². The zero-order chi connectivity index (χ0) is 16.7. The molecule has 1 heterocycles. The molecule has 0 saturated carbocycles. The molecule has 0 radical (unpaired) electrons. The van der Waals surface area contributed by atoms with Gasteiger partial charge in [0.2, 0.25) is 0 Å². The Kier molecular flexibility index (Phi) is 8.73. The van der Waals surface area contributed by atoms with Crippen LogP contribution >= 0.6 is 24.0 Å². The number of halogens is 3. The molecule has 0 aliphatic rings. The van der Waals surface area contributed by atoms with E-state index in [-0.39, 0.29) is 29.9 Å². The predicted molar refractivity (Wildman–Crippen MR) is 102 cm³/mol. The Bertz CT molecular complexity index is 647. The fourth-order valence-corrected chi connectivity index (χ4v) is 2.24. The van der Waals surface area contributed by atoms with E-state index in [0.29, 0.717) is 24.6 Å². The quantitative estimate of drug-likeness (QED) is 0.402. The third kappa shape index (κ3) is 6.10. The van der Waals surface area contributed by atoms with E-state index in [2.05, 4.69) is 15.6 Å². The molecule has 24 heavy (non-hydrogen) atoms. The summed E-state index contributed by atoms with van der Waals surface area (Å²) in [5.74, 6) is 0.321. The van der Waals surface area contributed by atoms with E-state index in [0.717, 1.165) is 18.2 Å². The largest absolute Gasteiger partial charge is 0.469 e. The van der Waals surface area contributed by atoms with E-state index in [4.69, 9.17) is 4.42 Å². The summed E-state index contributed by atoms with van der Waals surface area (Å²) in [5, 5.41) is 6.30.